The maximum atomic E-state index is 13.3. The number of aryl methyl sites for hydroxylation is 1. The number of ether oxygens (including phenoxy) is 1. The molecule has 19 heavy (non-hydrogen) atoms. The van der Waals surface area contributed by atoms with Crippen molar-refractivity contribution >= 4 is 0 Å². The minimum absolute atomic E-state index is 0.124. The standard InChI is InChI=1S/C16H24FNO/c1-4-18-15(16(3)9-5-6-10-19-16)14-8-7-13(17)11-12(14)2/h7-8,11,15,18H,4-6,9-10H2,1-3H3. The molecule has 2 atom stereocenters. The number of halogens is 1. The average molecular weight is 265 g/mol. The predicted octanol–water partition coefficient (Wildman–Crippen LogP) is 3.74. The molecule has 1 aromatic carbocycles. The second kappa shape index (κ2) is 6.02. The van der Waals surface area contributed by atoms with Gasteiger partial charge in [0.15, 0.2) is 0 Å². The summed E-state index contributed by atoms with van der Waals surface area (Å²) in [6, 6.07) is 5.16. The van der Waals surface area contributed by atoms with Gasteiger partial charge in [0.2, 0.25) is 0 Å². The average Bonchev–Trinajstić information content (AvgIpc) is 2.38. The van der Waals surface area contributed by atoms with E-state index in [9.17, 15) is 4.39 Å². The van der Waals surface area contributed by atoms with Gasteiger partial charge in [-0.05, 0) is 62.9 Å². The van der Waals surface area contributed by atoms with Gasteiger partial charge in [-0.2, -0.15) is 0 Å². The van der Waals surface area contributed by atoms with Crippen molar-refractivity contribution in [3.05, 3.63) is 35.1 Å². The lowest BCUT2D eigenvalue weighted by atomic mass is 9.82. The fourth-order valence-electron chi connectivity index (χ4n) is 3.01. The minimum atomic E-state index is -0.198. The van der Waals surface area contributed by atoms with Crippen LogP contribution in [-0.2, 0) is 4.74 Å². The Kier molecular flexibility index (Phi) is 4.58. The summed E-state index contributed by atoms with van der Waals surface area (Å²) in [7, 11) is 0. The molecule has 3 heteroatoms. The Morgan fingerprint density at radius 2 is 2.21 bits per heavy atom. The molecule has 1 saturated heterocycles. The predicted molar refractivity (Wildman–Crippen MR) is 75.8 cm³/mol. The van der Waals surface area contributed by atoms with Gasteiger partial charge >= 0.3 is 0 Å². The van der Waals surface area contributed by atoms with Gasteiger partial charge < -0.3 is 10.1 Å². The van der Waals surface area contributed by atoms with Crippen molar-refractivity contribution in [2.24, 2.45) is 0 Å². The molecular formula is C16H24FNO. The van der Waals surface area contributed by atoms with Crippen LogP contribution in [-0.4, -0.2) is 18.8 Å². The smallest absolute Gasteiger partial charge is 0.123 e. The molecule has 1 aliphatic heterocycles. The Labute approximate surface area is 115 Å². The van der Waals surface area contributed by atoms with E-state index in [1.54, 1.807) is 12.1 Å². The first-order valence-corrected chi connectivity index (χ1v) is 7.20. The molecule has 1 heterocycles. The Hall–Kier alpha value is -0.930. The maximum absolute atomic E-state index is 13.3. The molecule has 106 valence electrons. The molecule has 2 nitrogen and oxygen atoms in total. The fraction of sp³-hybridized carbons (Fsp3) is 0.625. The lowest BCUT2D eigenvalue weighted by Gasteiger charge is -2.41. The molecule has 1 fully saturated rings. The van der Waals surface area contributed by atoms with Crippen LogP contribution >= 0.6 is 0 Å². The van der Waals surface area contributed by atoms with Crippen LogP contribution in [0.2, 0.25) is 0 Å². The molecule has 1 N–H and O–H groups in total. The normalized spacial score (nSPS) is 25.3. The molecule has 1 aliphatic rings. The third-order valence-electron chi connectivity index (χ3n) is 4.06. The van der Waals surface area contributed by atoms with Crippen LogP contribution in [0.15, 0.2) is 18.2 Å². The monoisotopic (exact) mass is 265 g/mol. The Morgan fingerprint density at radius 1 is 1.42 bits per heavy atom. The van der Waals surface area contributed by atoms with Crippen molar-refractivity contribution in [1.29, 1.82) is 0 Å². The summed E-state index contributed by atoms with van der Waals surface area (Å²) in [6.45, 7) is 7.92. The highest BCUT2D eigenvalue weighted by molar-refractivity contribution is 5.31. The lowest BCUT2D eigenvalue weighted by Crippen LogP contribution is -2.46. The molecule has 0 amide bonds. The molecule has 1 aromatic rings. The highest BCUT2D eigenvalue weighted by Crippen LogP contribution is 2.37. The van der Waals surface area contributed by atoms with Crippen molar-refractivity contribution in [2.75, 3.05) is 13.2 Å². The summed E-state index contributed by atoms with van der Waals surface area (Å²) in [5.74, 6) is -0.175. The van der Waals surface area contributed by atoms with Crippen LogP contribution in [0.4, 0.5) is 4.39 Å². The van der Waals surface area contributed by atoms with Crippen LogP contribution in [0.5, 0.6) is 0 Å². The summed E-state index contributed by atoms with van der Waals surface area (Å²) in [5.41, 5.74) is 1.94. The van der Waals surface area contributed by atoms with E-state index in [1.807, 2.05) is 13.0 Å². The molecule has 0 aromatic heterocycles. The van der Waals surface area contributed by atoms with E-state index in [-0.39, 0.29) is 17.5 Å². The lowest BCUT2D eigenvalue weighted by molar-refractivity contribution is -0.0896. The molecule has 0 radical (unpaired) electrons. The summed E-state index contributed by atoms with van der Waals surface area (Å²) in [5, 5.41) is 3.52. The van der Waals surface area contributed by atoms with E-state index in [0.29, 0.717) is 0 Å². The van der Waals surface area contributed by atoms with Gasteiger partial charge in [-0.3, -0.25) is 0 Å². The van der Waals surface area contributed by atoms with Gasteiger partial charge in [0, 0.05) is 6.61 Å². The van der Waals surface area contributed by atoms with E-state index >= 15 is 0 Å². The highest BCUT2D eigenvalue weighted by Gasteiger charge is 2.37. The number of rotatable bonds is 4. The van der Waals surface area contributed by atoms with Crippen LogP contribution < -0.4 is 5.32 Å². The number of nitrogens with one attached hydrogen (secondary N) is 1. The SMILES string of the molecule is CCNC(c1ccc(F)cc1C)C1(C)CCCCO1. The second-order valence-corrected chi connectivity index (χ2v) is 5.61. The molecule has 0 spiro atoms. The van der Waals surface area contributed by atoms with E-state index in [4.69, 9.17) is 4.74 Å². The fourth-order valence-corrected chi connectivity index (χ4v) is 3.01. The van der Waals surface area contributed by atoms with Crippen LogP contribution in [0.1, 0.15) is 50.3 Å². The van der Waals surface area contributed by atoms with E-state index in [0.717, 1.165) is 37.1 Å². The van der Waals surface area contributed by atoms with Crippen molar-refractivity contribution in [1.82, 2.24) is 5.32 Å². The zero-order valence-electron chi connectivity index (χ0n) is 12.1. The number of benzene rings is 1. The molecule has 0 saturated carbocycles. The Bertz CT molecular complexity index is 427. The zero-order chi connectivity index (χ0) is 13.9. The van der Waals surface area contributed by atoms with Gasteiger partial charge in [-0.15, -0.1) is 0 Å². The van der Waals surface area contributed by atoms with Crippen molar-refractivity contribution < 1.29 is 9.13 Å². The van der Waals surface area contributed by atoms with E-state index < -0.39 is 0 Å². The molecule has 2 unspecified atom stereocenters. The number of hydrogen-bond donors (Lipinski definition) is 1. The van der Waals surface area contributed by atoms with Crippen LogP contribution in [0.25, 0.3) is 0 Å². The van der Waals surface area contributed by atoms with Crippen molar-refractivity contribution in [2.45, 2.75) is 51.7 Å². The summed E-state index contributed by atoms with van der Waals surface area (Å²) < 4.78 is 19.3. The molecule has 2 rings (SSSR count). The van der Waals surface area contributed by atoms with E-state index in [2.05, 4.69) is 19.2 Å². The second-order valence-electron chi connectivity index (χ2n) is 5.61. The third-order valence-corrected chi connectivity index (χ3v) is 4.06. The Balaban J connectivity index is 2.33. The maximum Gasteiger partial charge on any atom is 0.123 e. The first-order valence-electron chi connectivity index (χ1n) is 7.20. The first-order chi connectivity index (χ1) is 9.07. The van der Waals surface area contributed by atoms with E-state index in [1.165, 1.54) is 6.42 Å². The minimum Gasteiger partial charge on any atom is -0.373 e. The third kappa shape index (κ3) is 3.15. The van der Waals surface area contributed by atoms with Crippen LogP contribution in [0, 0.1) is 12.7 Å². The Morgan fingerprint density at radius 3 is 2.79 bits per heavy atom. The van der Waals surface area contributed by atoms with Crippen LogP contribution in [0.3, 0.4) is 0 Å². The first kappa shape index (κ1) is 14.5. The van der Waals surface area contributed by atoms with Crippen molar-refractivity contribution in [3.8, 4) is 0 Å². The zero-order valence-corrected chi connectivity index (χ0v) is 12.1. The summed E-state index contributed by atoms with van der Waals surface area (Å²) >= 11 is 0. The summed E-state index contributed by atoms with van der Waals surface area (Å²) in [4.78, 5) is 0. The van der Waals surface area contributed by atoms with Gasteiger partial charge in [-0.1, -0.05) is 13.0 Å². The molecule has 0 bridgehead atoms. The van der Waals surface area contributed by atoms with Crippen molar-refractivity contribution in [3.63, 3.8) is 0 Å². The largest absolute Gasteiger partial charge is 0.373 e. The van der Waals surface area contributed by atoms with Gasteiger partial charge in [0.05, 0.1) is 11.6 Å². The summed E-state index contributed by atoms with van der Waals surface area (Å²) in [6.07, 6.45) is 3.37. The number of likely N-dealkylation sites (N-methyl/N-ethyl adjacent to an activating group) is 1. The van der Waals surface area contributed by atoms with Gasteiger partial charge in [0.25, 0.3) is 0 Å². The van der Waals surface area contributed by atoms with Gasteiger partial charge in [0.1, 0.15) is 5.82 Å². The molecular weight excluding hydrogens is 241 g/mol. The highest BCUT2D eigenvalue weighted by atomic mass is 19.1. The number of hydrogen-bond acceptors (Lipinski definition) is 2. The van der Waals surface area contributed by atoms with Gasteiger partial charge in [-0.25, -0.2) is 4.39 Å². The molecule has 0 aliphatic carbocycles. The topological polar surface area (TPSA) is 21.3 Å². The quantitative estimate of drug-likeness (QED) is 0.895.